The van der Waals surface area contributed by atoms with Crippen molar-refractivity contribution >= 4 is 5.78 Å². The Morgan fingerprint density at radius 1 is 1.47 bits per heavy atom. The van der Waals surface area contributed by atoms with Crippen LogP contribution < -0.4 is 0 Å². The van der Waals surface area contributed by atoms with Crippen LogP contribution in [0.4, 0.5) is 0 Å². The summed E-state index contributed by atoms with van der Waals surface area (Å²) in [4.78, 5) is 12.3. The highest BCUT2D eigenvalue weighted by atomic mass is 16.7. The summed E-state index contributed by atoms with van der Waals surface area (Å²) in [5.74, 6) is 0.277. The van der Waals surface area contributed by atoms with Gasteiger partial charge in [0.15, 0.2) is 0 Å². The van der Waals surface area contributed by atoms with E-state index in [1.807, 2.05) is 19.9 Å². The lowest BCUT2D eigenvalue weighted by Crippen LogP contribution is -2.42. The van der Waals surface area contributed by atoms with Crippen LogP contribution in [0.2, 0.25) is 0 Å². The predicted molar refractivity (Wildman–Crippen MR) is 62.2 cm³/mol. The highest BCUT2D eigenvalue weighted by molar-refractivity contribution is 5.93. The Morgan fingerprint density at radius 3 is 2.76 bits per heavy atom. The lowest BCUT2D eigenvalue weighted by Gasteiger charge is -2.33. The van der Waals surface area contributed by atoms with Gasteiger partial charge >= 0.3 is 0 Å². The second-order valence-electron chi connectivity index (χ2n) is 5.23. The SMILES string of the molecule is COCOC[C@H]1[C@@H]2C=C[C@@H](O)[C@@](C)(C2=O)[C@@H]1C. The van der Waals surface area contributed by atoms with Gasteiger partial charge in [0, 0.05) is 13.0 Å². The number of methoxy groups -OCH3 is 1. The summed E-state index contributed by atoms with van der Waals surface area (Å²) in [6.07, 6.45) is 2.91. The average Bonchev–Trinajstić information content (AvgIpc) is 2.43. The molecule has 2 bridgehead atoms. The third kappa shape index (κ3) is 1.75. The van der Waals surface area contributed by atoms with Crippen LogP contribution in [0.3, 0.4) is 0 Å². The molecule has 17 heavy (non-hydrogen) atoms. The maximum atomic E-state index is 12.3. The van der Waals surface area contributed by atoms with E-state index in [9.17, 15) is 9.90 Å². The number of hydrogen-bond acceptors (Lipinski definition) is 4. The zero-order valence-electron chi connectivity index (χ0n) is 10.6. The molecular formula is C13H20O4. The van der Waals surface area contributed by atoms with Crippen molar-refractivity contribution in [1.29, 1.82) is 0 Å². The Hall–Kier alpha value is -0.710. The number of hydrogen-bond donors (Lipinski definition) is 1. The fraction of sp³-hybridized carbons (Fsp3) is 0.769. The number of aliphatic hydroxyl groups is 1. The Balaban J connectivity index is 2.16. The first-order chi connectivity index (χ1) is 8.03. The van der Waals surface area contributed by atoms with Crippen molar-refractivity contribution in [2.45, 2.75) is 20.0 Å². The van der Waals surface area contributed by atoms with E-state index in [1.54, 1.807) is 13.2 Å². The zero-order valence-corrected chi connectivity index (χ0v) is 10.6. The summed E-state index contributed by atoms with van der Waals surface area (Å²) >= 11 is 0. The summed E-state index contributed by atoms with van der Waals surface area (Å²) < 4.78 is 10.2. The standard InChI is InChI=1S/C13H20O4/c1-8-10(6-17-7-16-3)9-4-5-11(14)13(8,2)12(9)15/h4-5,8-11,14H,6-7H2,1-3H3/t8-,9+,10-,11-,13+/m1/s1. The molecule has 1 N–H and O–H groups in total. The highest BCUT2D eigenvalue weighted by Gasteiger charge is 2.59. The maximum Gasteiger partial charge on any atom is 0.149 e. The first-order valence-corrected chi connectivity index (χ1v) is 6.00. The van der Waals surface area contributed by atoms with Gasteiger partial charge < -0.3 is 14.6 Å². The highest BCUT2D eigenvalue weighted by Crippen LogP contribution is 2.52. The van der Waals surface area contributed by atoms with E-state index in [0.29, 0.717) is 6.61 Å². The largest absolute Gasteiger partial charge is 0.388 e. The van der Waals surface area contributed by atoms with Crippen LogP contribution in [0.15, 0.2) is 12.2 Å². The van der Waals surface area contributed by atoms with Gasteiger partial charge in [-0.25, -0.2) is 0 Å². The normalized spacial score (nSPS) is 44.4. The van der Waals surface area contributed by atoms with Crippen LogP contribution in [-0.2, 0) is 14.3 Å². The number of ether oxygens (including phenoxy) is 2. The van der Waals surface area contributed by atoms with Gasteiger partial charge in [0.1, 0.15) is 12.6 Å². The molecule has 4 nitrogen and oxygen atoms in total. The van der Waals surface area contributed by atoms with E-state index in [2.05, 4.69) is 0 Å². The van der Waals surface area contributed by atoms with E-state index < -0.39 is 11.5 Å². The summed E-state index contributed by atoms with van der Waals surface area (Å²) in [6.45, 7) is 4.62. The van der Waals surface area contributed by atoms with Crippen molar-refractivity contribution in [3.8, 4) is 0 Å². The fourth-order valence-corrected chi connectivity index (χ4v) is 3.12. The molecule has 5 atom stereocenters. The minimum atomic E-state index is -0.673. The molecule has 0 spiro atoms. The fourth-order valence-electron chi connectivity index (χ4n) is 3.12. The van der Waals surface area contributed by atoms with Gasteiger partial charge in [-0.2, -0.15) is 0 Å². The molecule has 2 rings (SSSR count). The first kappa shape index (κ1) is 12.7. The third-order valence-electron chi connectivity index (χ3n) is 4.51. The van der Waals surface area contributed by atoms with Crippen molar-refractivity contribution in [1.82, 2.24) is 0 Å². The van der Waals surface area contributed by atoms with Gasteiger partial charge in [0.2, 0.25) is 0 Å². The van der Waals surface area contributed by atoms with E-state index in [4.69, 9.17) is 9.47 Å². The molecule has 4 heteroatoms. The second kappa shape index (κ2) is 4.52. The average molecular weight is 240 g/mol. The lowest BCUT2D eigenvalue weighted by atomic mass is 9.72. The van der Waals surface area contributed by atoms with E-state index in [-0.39, 0.29) is 30.3 Å². The minimum Gasteiger partial charge on any atom is -0.388 e. The molecule has 2 aliphatic carbocycles. The molecule has 0 aromatic rings. The molecular weight excluding hydrogens is 220 g/mol. The zero-order chi connectivity index (χ0) is 12.6. The molecule has 0 aromatic heterocycles. The number of ketones is 1. The summed E-state index contributed by atoms with van der Waals surface area (Å²) in [5, 5.41) is 10.0. The van der Waals surface area contributed by atoms with Crippen LogP contribution >= 0.6 is 0 Å². The van der Waals surface area contributed by atoms with Crippen LogP contribution in [0.1, 0.15) is 13.8 Å². The van der Waals surface area contributed by atoms with Crippen molar-refractivity contribution in [2.75, 3.05) is 20.5 Å². The quantitative estimate of drug-likeness (QED) is 0.452. The van der Waals surface area contributed by atoms with Gasteiger partial charge in [0.25, 0.3) is 0 Å². The molecule has 96 valence electrons. The molecule has 1 saturated carbocycles. The number of carbonyl (C=O) groups is 1. The minimum absolute atomic E-state index is 0.113. The summed E-state index contributed by atoms with van der Waals surface area (Å²) in [5.41, 5.74) is -0.652. The Bertz CT molecular complexity index is 338. The van der Waals surface area contributed by atoms with Crippen LogP contribution in [-0.4, -0.2) is 37.5 Å². The van der Waals surface area contributed by atoms with E-state index in [1.165, 1.54) is 0 Å². The Kier molecular flexibility index (Phi) is 3.39. The van der Waals surface area contributed by atoms with E-state index >= 15 is 0 Å². The van der Waals surface area contributed by atoms with Gasteiger partial charge in [-0.3, -0.25) is 4.79 Å². The molecule has 0 aliphatic heterocycles. The summed E-state index contributed by atoms with van der Waals surface area (Å²) in [6, 6.07) is 0. The Labute approximate surface area is 102 Å². The van der Waals surface area contributed by atoms with Gasteiger partial charge in [-0.15, -0.1) is 0 Å². The molecule has 0 saturated heterocycles. The maximum absolute atomic E-state index is 12.3. The van der Waals surface area contributed by atoms with Crippen LogP contribution in [0.5, 0.6) is 0 Å². The summed E-state index contributed by atoms with van der Waals surface area (Å²) in [7, 11) is 1.58. The molecule has 0 aromatic carbocycles. The smallest absolute Gasteiger partial charge is 0.149 e. The monoisotopic (exact) mass is 240 g/mol. The number of carbonyl (C=O) groups excluding carboxylic acids is 1. The lowest BCUT2D eigenvalue weighted by molar-refractivity contribution is -0.133. The number of fused-ring (bicyclic) bond motifs is 2. The van der Waals surface area contributed by atoms with Gasteiger partial charge in [-0.05, 0) is 18.8 Å². The molecule has 0 radical (unpaired) electrons. The molecule has 2 aliphatic rings. The number of aliphatic hydroxyl groups excluding tert-OH is 1. The van der Waals surface area contributed by atoms with Crippen LogP contribution in [0, 0.1) is 23.2 Å². The number of rotatable bonds is 4. The molecule has 0 heterocycles. The topological polar surface area (TPSA) is 55.8 Å². The van der Waals surface area contributed by atoms with Gasteiger partial charge in [-0.1, -0.05) is 19.1 Å². The van der Waals surface area contributed by atoms with E-state index in [0.717, 1.165) is 0 Å². The molecule has 0 unspecified atom stereocenters. The van der Waals surface area contributed by atoms with Crippen molar-refractivity contribution < 1.29 is 19.4 Å². The predicted octanol–water partition coefficient (Wildman–Crippen LogP) is 0.995. The van der Waals surface area contributed by atoms with Crippen LogP contribution in [0.25, 0.3) is 0 Å². The van der Waals surface area contributed by atoms with Crippen molar-refractivity contribution in [2.24, 2.45) is 23.2 Å². The number of Topliss-reactive ketones (excluding diaryl/α,β-unsaturated/α-hetero) is 1. The first-order valence-electron chi connectivity index (χ1n) is 6.00. The molecule has 1 fully saturated rings. The number of allylic oxidation sites excluding steroid dienone is 1. The second-order valence-corrected chi connectivity index (χ2v) is 5.23. The molecule has 0 amide bonds. The Morgan fingerprint density at radius 2 is 2.18 bits per heavy atom. The van der Waals surface area contributed by atoms with Crippen molar-refractivity contribution in [3.63, 3.8) is 0 Å². The van der Waals surface area contributed by atoms with Gasteiger partial charge in [0.05, 0.1) is 18.1 Å². The van der Waals surface area contributed by atoms with Crippen molar-refractivity contribution in [3.05, 3.63) is 12.2 Å². The third-order valence-corrected chi connectivity index (χ3v) is 4.51.